The zero-order valence-electron chi connectivity index (χ0n) is 16.9. The SMILES string of the molecule is Cc1ccc(-n2ncc3c(=O)n(CCC(=O)NCc4cccnc4)c(C)nc32)cc1. The van der Waals surface area contributed by atoms with Gasteiger partial charge in [-0.3, -0.25) is 19.1 Å². The van der Waals surface area contributed by atoms with Gasteiger partial charge in [-0.15, -0.1) is 0 Å². The Morgan fingerprint density at radius 3 is 2.63 bits per heavy atom. The van der Waals surface area contributed by atoms with Gasteiger partial charge in [-0.25, -0.2) is 9.67 Å². The third-order valence-corrected chi connectivity index (χ3v) is 4.93. The Hall–Kier alpha value is -3.81. The maximum atomic E-state index is 13.0. The van der Waals surface area contributed by atoms with E-state index in [0.717, 1.165) is 16.8 Å². The summed E-state index contributed by atoms with van der Waals surface area (Å²) in [4.78, 5) is 33.8. The zero-order valence-corrected chi connectivity index (χ0v) is 16.9. The number of pyridine rings is 1. The van der Waals surface area contributed by atoms with Crippen LogP contribution in [-0.2, 0) is 17.9 Å². The fourth-order valence-electron chi connectivity index (χ4n) is 3.25. The summed E-state index contributed by atoms with van der Waals surface area (Å²) in [6.45, 7) is 4.43. The van der Waals surface area contributed by atoms with Crippen LogP contribution < -0.4 is 10.9 Å². The first kappa shape index (κ1) is 19.5. The minimum absolute atomic E-state index is 0.138. The van der Waals surface area contributed by atoms with E-state index >= 15 is 0 Å². The Kier molecular flexibility index (Phi) is 5.38. The molecular formula is C22H22N6O2. The van der Waals surface area contributed by atoms with Crippen molar-refractivity contribution in [2.24, 2.45) is 0 Å². The lowest BCUT2D eigenvalue weighted by molar-refractivity contribution is -0.121. The van der Waals surface area contributed by atoms with Gasteiger partial charge >= 0.3 is 0 Å². The quantitative estimate of drug-likeness (QED) is 0.534. The van der Waals surface area contributed by atoms with Gasteiger partial charge in [-0.2, -0.15) is 5.10 Å². The van der Waals surface area contributed by atoms with Crippen LogP contribution in [0.25, 0.3) is 16.7 Å². The van der Waals surface area contributed by atoms with Crippen LogP contribution in [-0.4, -0.2) is 30.2 Å². The molecule has 3 aromatic heterocycles. The number of fused-ring (bicyclic) bond motifs is 1. The molecule has 0 fully saturated rings. The third-order valence-electron chi connectivity index (χ3n) is 4.93. The van der Waals surface area contributed by atoms with E-state index in [2.05, 4.69) is 20.4 Å². The normalized spacial score (nSPS) is 11.0. The van der Waals surface area contributed by atoms with Crippen molar-refractivity contribution in [2.75, 3.05) is 0 Å². The lowest BCUT2D eigenvalue weighted by atomic mass is 10.2. The number of hydrogen-bond donors (Lipinski definition) is 1. The highest BCUT2D eigenvalue weighted by molar-refractivity contribution is 5.76. The van der Waals surface area contributed by atoms with Crippen molar-refractivity contribution in [3.05, 3.63) is 82.3 Å². The van der Waals surface area contributed by atoms with Gasteiger partial charge in [0.05, 0.1) is 11.9 Å². The van der Waals surface area contributed by atoms with Crippen LogP contribution in [0.4, 0.5) is 0 Å². The van der Waals surface area contributed by atoms with Crippen molar-refractivity contribution in [3.63, 3.8) is 0 Å². The van der Waals surface area contributed by atoms with Crippen LogP contribution in [0, 0.1) is 13.8 Å². The monoisotopic (exact) mass is 402 g/mol. The number of aryl methyl sites for hydroxylation is 2. The topological polar surface area (TPSA) is 94.7 Å². The summed E-state index contributed by atoms with van der Waals surface area (Å²) >= 11 is 0. The molecule has 0 bridgehead atoms. The van der Waals surface area contributed by atoms with Crippen molar-refractivity contribution >= 4 is 16.9 Å². The number of nitrogens with zero attached hydrogens (tertiary/aromatic N) is 5. The first-order valence-corrected chi connectivity index (χ1v) is 9.71. The summed E-state index contributed by atoms with van der Waals surface area (Å²) < 4.78 is 3.18. The molecule has 0 unspecified atom stereocenters. The average Bonchev–Trinajstić information content (AvgIpc) is 3.17. The molecule has 0 aliphatic heterocycles. The maximum absolute atomic E-state index is 13.0. The Labute approximate surface area is 173 Å². The molecule has 30 heavy (non-hydrogen) atoms. The Morgan fingerprint density at radius 1 is 1.10 bits per heavy atom. The molecule has 0 aliphatic rings. The number of nitrogens with one attached hydrogen (secondary N) is 1. The molecule has 152 valence electrons. The molecule has 1 N–H and O–H groups in total. The number of aromatic nitrogens is 5. The number of amides is 1. The van der Waals surface area contributed by atoms with E-state index in [1.54, 1.807) is 24.0 Å². The van der Waals surface area contributed by atoms with E-state index in [4.69, 9.17) is 0 Å². The van der Waals surface area contributed by atoms with Gasteiger partial charge in [0.25, 0.3) is 5.56 Å². The average molecular weight is 402 g/mol. The summed E-state index contributed by atoms with van der Waals surface area (Å²) in [5.41, 5.74) is 3.22. The molecule has 0 saturated heterocycles. The predicted molar refractivity (Wildman–Crippen MR) is 113 cm³/mol. The molecular weight excluding hydrogens is 380 g/mol. The summed E-state index contributed by atoms with van der Waals surface area (Å²) in [7, 11) is 0. The highest BCUT2D eigenvalue weighted by Gasteiger charge is 2.15. The molecule has 4 aromatic rings. The van der Waals surface area contributed by atoms with Gasteiger partial charge in [-0.05, 0) is 37.6 Å². The van der Waals surface area contributed by atoms with E-state index in [1.807, 2.05) is 43.3 Å². The molecule has 1 aromatic carbocycles. The van der Waals surface area contributed by atoms with Crippen molar-refractivity contribution in [3.8, 4) is 5.69 Å². The smallest absolute Gasteiger partial charge is 0.264 e. The van der Waals surface area contributed by atoms with Crippen LogP contribution in [0.2, 0.25) is 0 Å². The largest absolute Gasteiger partial charge is 0.352 e. The van der Waals surface area contributed by atoms with E-state index in [0.29, 0.717) is 23.4 Å². The Morgan fingerprint density at radius 2 is 1.90 bits per heavy atom. The third kappa shape index (κ3) is 3.98. The summed E-state index contributed by atoms with van der Waals surface area (Å²) in [6, 6.07) is 11.6. The van der Waals surface area contributed by atoms with Gasteiger partial charge in [0.1, 0.15) is 11.2 Å². The van der Waals surface area contributed by atoms with Crippen molar-refractivity contribution in [1.29, 1.82) is 0 Å². The fourth-order valence-corrected chi connectivity index (χ4v) is 3.25. The van der Waals surface area contributed by atoms with Gasteiger partial charge in [0.15, 0.2) is 5.65 Å². The number of rotatable bonds is 6. The van der Waals surface area contributed by atoms with E-state index < -0.39 is 0 Å². The van der Waals surface area contributed by atoms with E-state index in [-0.39, 0.29) is 24.4 Å². The number of hydrogen-bond acceptors (Lipinski definition) is 5. The second-order valence-electron chi connectivity index (χ2n) is 7.13. The van der Waals surface area contributed by atoms with Crippen LogP contribution in [0.1, 0.15) is 23.4 Å². The minimum atomic E-state index is -0.198. The molecule has 3 heterocycles. The van der Waals surface area contributed by atoms with Crippen molar-refractivity contribution in [1.82, 2.24) is 29.6 Å². The second kappa shape index (κ2) is 8.28. The standard InChI is InChI=1S/C22H22N6O2/c1-15-5-7-18(8-6-15)28-21-19(14-25-28)22(30)27(16(2)26-21)11-9-20(29)24-13-17-4-3-10-23-12-17/h3-8,10,12,14H,9,11,13H2,1-2H3,(H,24,29). The number of carbonyl (C=O) groups excluding carboxylic acids is 1. The van der Waals surface area contributed by atoms with Crippen LogP contribution in [0.3, 0.4) is 0 Å². The maximum Gasteiger partial charge on any atom is 0.264 e. The van der Waals surface area contributed by atoms with E-state index in [9.17, 15) is 9.59 Å². The van der Waals surface area contributed by atoms with Gasteiger partial charge in [-0.1, -0.05) is 23.8 Å². The molecule has 4 rings (SSSR count). The van der Waals surface area contributed by atoms with Crippen LogP contribution in [0.5, 0.6) is 0 Å². The highest BCUT2D eigenvalue weighted by atomic mass is 16.1. The second-order valence-corrected chi connectivity index (χ2v) is 7.13. The molecule has 0 atom stereocenters. The number of benzene rings is 1. The lowest BCUT2D eigenvalue weighted by Crippen LogP contribution is -2.29. The lowest BCUT2D eigenvalue weighted by Gasteiger charge is -2.11. The van der Waals surface area contributed by atoms with Crippen molar-refractivity contribution in [2.45, 2.75) is 33.4 Å². The van der Waals surface area contributed by atoms with Gasteiger partial charge < -0.3 is 5.32 Å². The molecule has 1 amide bonds. The summed E-state index contributed by atoms with van der Waals surface area (Å²) in [6.07, 6.45) is 5.10. The van der Waals surface area contributed by atoms with Gasteiger partial charge in [0.2, 0.25) is 5.91 Å². The molecule has 0 aliphatic carbocycles. The molecule has 8 nitrogen and oxygen atoms in total. The molecule has 8 heteroatoms. The number of carbonyl (C=O) groups is 1. The van der Waals surface area contributed by atoms with E-state index in [1.165, 1.54) is 10.8 Å². The van der Waals surface area contributed by atoms with Crippen LogP contribution >= 0.6 is 0 Å². The molecule has 0 saturated carbocycles. The Bertz CT molecular complexity index is 1240. The zero-order chi connectivity index (χ0) is 21.1. The van der Waals surface area contributed by atoms with Gasteiger partial charge in [0, 0.05) is 31.9 Å². The highest BCUT2D eigenvalue weighted by Crippen LogP contribution is 2.15. The minimum Gasteiger partial charge on any atom is -0.352 e. The fraction of sp³-hybridized carbons (Fsp3) is 0.227. The summed E-state index contributed by atoms with van der Waals surface area (Å²) in [5, 5.41) is 7.62. The summed E-state index contributed by atoms with van der Waals surface area (Å²) in [5.74, 6) is 0.405. The molecule has 0 radical (unpaired) electrons. The first-order valence-electron chi connectivity index (χ1n) is 9.71. The predicted octanol–water partition coefficient (Wildman–Crippen LogP) is 2.30. The van der Waals surface area contributed by atoms with Crippen molar-refractivity contribution < 1.29 is 4.79 Å². The molecule has 0 spiro atoms. The first-order chi connectivity index (χ1) is 14.5. The Balaban J connectivity index is 1.51. The van der Waals surface area contributed by atoms with Crippen LogP contribution in [0.15, 0.2) is 59.8 Å².